The zero-order valence-corrected chi connectivity index (χ0v) is 41.3. The number of aryl methyl sites for hydroxylation is 6. The number of nitrogens with one attached hydrogen (secondary N) is 1. The van der Waals surface area contributed by atoms with Gasteiger partial charge in [-0.05, 0) is 174 Å². The van der Waals surface area contributed by atoms with Crippen LogP contribution < -0.4 is 5.32 Å². The van der Waals surface area contributed by atoms with E-state index in [-0.39, 0.29) is 36.3 Å². The Labute approximate surface area is 394 Å². The molecule has 2 unspecified atom stereocenters. The molecule has 4 aromatic carbocycles. The minimum Gasteiger partial charge on any atom is -0.466 e. The molecule has 67 heavy (non-hydrogen) atoms. The first-order valence-electron chi connectivity index (χ1n) is 23.9. The first kappa shape index (κ1) is 48.8. The van der Waals surface area contributed by atoms with Gasteiger partial charge in [0.1, 0.15) is 16.6 Å². The van der Waals surface area contributed by atoms with E-state index in [2.05, 4.69) is 96.1 Å². The highest BCUT2D eigenvalue weighted by atomic mass is 16.6. The van der Waals surface area contributed by atoms with Gasteiger partial charge in [-0.2, -0.15) is 0 Å². The lowest BCUT2D eigenvalue weighted by molar-refractivity contribution is -0.144. The van der Waals surface area contributed by atoms with Gasteiger partial charge in [0.2, 0.25) is 0 Å². The van der Waals surface area contributed by atoms with Crippen LogP contribution >= 0.6 is 0 Å². The van der Waals surface area contributed by atoms with Crippen molar-refractivity contribution in [2.24, 2.45) is 0 Å². The lowest BCUT2D eigenvalue weighted by Gasteiger charge is -2.33. The molecule has 0 saturated carbocycles. The Bertz CT molecular complexity index is 2780. The predicted molar refractivity (Wildman–Crippen MR) is 260 cm³/mol. The highest BCUT2D eigenvalue weighted by molar-refractivity contribution is 5.82. The zero-order valence-electron chi connectivity index (χ0n) is 41.3. The topological polar surface area (TPSA) is 156 Å². The first-order valence-corrected chi connectivity index (χ1v) is 23.9. The number of carbonyl (C=O) groups excluding carboxylic acids is 3. The predicted octanol–water partition coefficient (Wildman–Crippen LogP) is 9.25. The lowest BCUT2D eigenvalue weighted by Crippen LogP contribution is -2.40. The molecular formula is C53H68N8O6. The minimum atomic E-state index is -0.546. The maximum absolute atomic E-state index is 12.8. The van der Waals surface area contributed by atoms with Crippen LogP contribution in [0.15, 0.2) is 48.5 Å². The van der Waals surface area contributed by atoms with Gasteiger partial charge in [0.05, 0.1) is 37.1 Å². The molecule has 0 aliphatic carbocycles. The van der Waals surface area contributed by atoms with E-state index in [0.717, 1.165) is 100 Å². The number of nitrogens with zero attached hydrogens (tertiary/aromatic N) is 7. The molecular weight excluding hydrogens is 845 g/mol. The van der Waals surface area contributed by atoms with Crippen LogP contribution in [0.4, 0.5) is 4.79 Å². The zero-order chi connectivity index (χ0) is 48.2. The van der Waals surface area contributed by atoms with Crippen LogP contribution in [-0.2, 0) is 62.8 Å². The summed E-state index contributed by atoms with van der Waals surface area (Å²) >= 11 is 0. The molecule has 356 valence electrons. The summed E-state index contributed by atoms with van der Waals surface area (Å²) in [5.74, 6) is -0.704. The molecule has 1 amide bonds. The van der Waals surface area contributed by atoms with Crippen LogP contribution in [0.2, 0.25) is 0 Å². The van der Waals surface area contributed by atoms with Gasteiger partial charge in [0.15, 0.2) is 0 Å². The van der Waals surface area contributed by atoms with Crippen molar-refractivity contribution in [2.75, 3.05) is 26.3 Å². The van der Waals surface area contributed by atoms with E-state index < -0.39 is 5.60 Å². The van der Waals surface area contributed by atoms with Gasteiger partial charge in [0.25, 0.3) is 0 Å². The number of carbonyl (C=O) groups is 3. The molecule has 0 fully saturated rings. The molecule has 1 N–H and O–H groups in total. The van der Waals surface area contributed by atoms with Crippen molar-refractivity contribution in [3.63, 3.8) is 0 Å². The van der Waals surface area contributed by atoms with E-state index in [1.807, 2.05) is 63.9 Å². The van der Waals surface area contributed by atoms with E-state index in [1.165, 1.54) is 27.8 Å². The largest absolute Gasteiger partial charge is 0.466 e. The number of rotatable bonds is 12. The van der Waals surface area contributed by atoms with Crippen LogP contribution in [0.5, 0.6) is 0 Å². The summed E-state index contributed by atoms with van der Waals surface area (Å²) in [4.78, 5) is 39.8. The Hall–Kier alpha value is -6.15. The molecule has 2 aliphatic rings. The highest BCUT2D eigenvalue weighted by Crippen LogP contribution is 2.38. The fourth-order valence-electron chi connectivity index (χ4n) is 9.88. The number of fused-ring (bicyclic) bond motifs is 4. The van der Waals surface area contributed by atoms with Gasteiger partial charge in [-0.25, -0.2) is 14.2 Å². The second-order valence-corrected chi connectivity index (χ2v) is 18.8. The smallest absolute Gasteiger partial charge is 0.410 e. The van der Waals surface area contributed by atoms with Crippen molar-refractivity contribution in [3.8, 4) is 0 Å². The number of benzene rings is 4. The van der Waals surface area contributed by atoms with Crippen LogP contribution in [-0.4, -0.2) is 84.8 Å². The Morgan fingerprint density at radius 1 is 0.687 bits per heavy atom. The molecule has 2 atom stereocenters. The van der Waals surface area contributed by atoms with Crippen molar-refractivity contribution in [1.82, 2.24) is 40.2 Å². The van der Waals surface area contributed by atoms with Crippen molar-refractivity contribution in [2.45, 2.75) is 145 Å². The Balaban J connectivity index is 0.000000203. The SMILES string of the molecule is CCOC(=O)CC(c1cc(C)c2c(c1)CN(C(=O)OC(C)(C)C)CC2)c1ccc2c(nnn2CC)c1C.CCOC(=O)CC(c1cc(C)c2c(c1)CNCC2)c1ccc2c(nnn2CC)c1C. The summed E-state index contributed by atoms with van der Waals surface area (Å²) in [6, 6.07) is 17.2. The normalized spacial score (nSPS) is 14.5. The Morgan fingerprint density at radius 3 is 1.66 bits per heavy atom. The van der Waals surface area contributed by atoms with Crippen molar-refractivity contribution < 1.29 is 28.6 Å². The van der Waals surface area contributed by atoms with Crippen LogP contribution in [0.3, 0.4) is 0 Å². The maximum atomic E-state index is 12.8. The molecule has 0 saturated heterocycles. The van der Waals surface area contributed by atoms with E-state index in [4.69, 9.17) is 14.2 Å². The number of esters is 2. The van der Waals surface area contributed by atoms with Crippen molar-refractivity contribution >= 4 is 40.1 Å². The van der Waals surface area contributed by atoms with Gasteiger partial charge in [-0.1, -0.05) is 46.8 Å². The molecule has 0 radical (unpaired) electrons. The monoisotopic (exact) mass is 913 g/mol. The summed E-state index contributed by atoms with van der Waals surface area (Å²) in [6.45, 7) is 27.0. The second-order valence-electron chi connectivity index (χ2n) is 18.8. The average molecular weight is 913 g/mol. The number of hydrogen-bond acceptors (Lipinski definition) is 11. The molecule has 2 aromatic heterocycles. The first-order chi connectivity index (χ1) is 32.0. The molecule has 0 spiro atoms. The summed E-state index contributed by atoms with van der Waals surface area (Å²) in [6.07, 6.45) is 2.05. The van der Waals surface area contributed by atoms with E-state index in [0.29, 0.717) is 32.7 Å². The summed E-state index contributed by atoms with van der Waals surface area (Å²) < 4.78 is 20.1. The second kappa shape index (κ2) is 20.8. The van der Waals surface area contributed by atoms with Gasteiger partial charge in [-0.3, -0.25) is 9.59 Å². The molecule has 6 aromatic rings. The molecule has 4 heterocycles. The number of amides is 1. The van der Waals surface area contributed by atoms with E-state index in [9.17, 15) is 14.4 Å². The average Bonchev–Trinajstić information content (AvgIpc) is 3.93. The molecule has 14 nitrogen and oxygen atoms in total. The standard InChI is InChI=1S/C29H38N4O4.C24H30N4O2/c1-8-33-25-11-10-23(19(4)27(25)30-31-33)24(16-26(34)36-9-2)20-14-18(3)22-12-13-32(17-21(22)15-20)28(35)37-29(5,6)7;1-5-28-22-8-7-20(16(4)24(22)26-27-28)21(13-23(29)30-6-2)17-11-15(3)19-9-10-25-14-18(19)12-17/h10-11,14-15,24H,8-9,12-13,16-17H2,1-7H3;7-8,11-12,21,25H,5-6,9-10,13-14H2,1-4H3. The Kier molecular flexibility index (Phi) is 15.1. The lowest BCUT2D eigenvalue weighted by atomic mass is 9.82. The third-order valence-corrected chi connectivity index (χ3v) is 13.2. The minimum absolute atomic E-state index is 0.0776. The van der Waals surface area contributed by atoms with E-state index >= 15 is 0 Å². The fourth-order valence-corrected chi connectivity index (χ4v) is 9.88. The summed E-state index contributed by atoms with van der Waals surface area (Å²) in [7, 11) is 0. The maximum Gasteiger partial charge on any atom is 0.410 e. The van der Waals surface area contributed by atoms with Crippen molar-refractivity contribution in [1.29, 1.82) is 0 Å². The Morgan fingerprint density at radius 2 is 1.18 bits per heavy atom. The molecule has 0 bridgehead atoms. The number of hydrogen-bond donors (Lipinski definition) is 1. The van der Waals surface area contributed by atoms with Crippen LogP contribution in [0.1, 0.15) is 140 Å². The van der Waals surface area contributed by atoms with Crippen molar-refractivity contribution in [3.05, 3.63) is 115 Å². The van der Waals surface area contributed by atoms with Gasteiger partial charge in [0, 0.05) is 44.6 Å². The van der Waals surface area contributed by atoms with Gasteiger partial charge >= 0.3 is 18.0 Å². The van der Waals surface area contributed by atoms with Gasteiger partial charge in [-0.15, -0.1) is 10.2 Å². The summed E-state index contributed by atoms with van der Waals surface area (Å²) in [5.41, 5.74) is 17.2. The molecule has 14 heteroatoms. The summed E-state index contributed by atoms with van der Waals surface area (Å²) in [5, 5.41) is 20.9. The number of ether oxygens (including phenoxy) is 3. The number of aromatic nitrogens is 6. The third-order valence-electron chi connectivity index (χ3n) is 13.2. The third kappa shape index (κ3) is 10.7. The quantitative estimate of drug-likeness (QED) is 0.0923. The van der Waals surface area contributed by atoms with E-state index in [1.54, 1.807) is 4.90 Å². The molecule has 8 rings (SSSR count). The van der Waals surface area contributed by atoms with Gasteiger partial charge < -0.3 is 24.4 Å². The van der Waals surface area contributed by atoms with Crippen LogP contribution in [0.25, 0.3) is 22.1 Å². The highest BCUT2D eigenvalue weighted by Gasteiger charge is 2.30. The fraction of sp³-hybridized carbons (Fsp3) is 0.491. The molecule has 2 aliphatic heterocycles. The van der Waals surface area contributed by atoms with Crippen LogP contribution in [0, 0.1) is 27.7 Å².